The molecule has 160 valence electrons. The lowest BCUT2D eigenvalue weighted by atomic mass is 10.1. The molecule has 2 unspecified atom stereocenters. The van der Waals surface area contributed by atoms with Crippen LogP contribution in [0.3, 0.4) is 0 Å². The molecule has 0 saturated carbocycles. The summed E-state index contributed by atoms with van der Waals surface area (Å²) in [7, 11) is 0. The van der Waals surface area contributed by atoms with Crippen LogP contribution in [0.2, 0.25) is 0 Å². The Bertz CT molecular complexity index is 921. The maximum Gasteiger partial charge on any atom is 0.453 e. The van der Waals surface area contributed by atoms with E-state index in [4.69, 9.17) is 4.74 Å². The molecule has 0 spiro atoms. The SMILES string of the molecule is Cc1cc(N2CCN(C(=O)OC(C)(C)C)C(C)C2C)n2nc(C(F)(F)F)nc2n1. The first kappa shape index (κ1) is 21.1. The van der Waals surface area contributed by atoms with Gasteiger partial charge < -0.3 is 14.5 Å². The number of rotatable bonds is 1. The Kier molecular flexibility index (Phi) is 5.12. The number of carbonyl (C=O) groups excluding carboxylic acids is 1. The number of ether oxygens (including phenoxy) is 1. The van der Waals surface area contributed by atoms with E-state index in [2.05, 4.69) is 15.1 Å². The lowest BCUT2D eigenvalue weighted by Gasteiger charge is -2.45. The highest BCUT2D eigenvalue weighted by molar-refractivity contribution is 5.69. The Balaban J connectivity index is 1.93. The number of amides is 1. The number of anilines is 1. The fourth-order valence-corrected chi connectivity index (χ4v) is 3.34. The van der Waals surface area contributed by atoms with Gasteiger partial charge in [0.2, 0.25) is 0 Å². The number of carbonyl (C=O) groups is 1. The molecule has 0 aliphatic carbocycles. The minimum absolute atomic E-state index is 0.109. The number of alkyl halides is 3. The molecule has 1 aliphatic heterocycles. The largest absolute Gasteiger partial charge is 0.453 e. The second kappa shape index (κ2) is 7.03. The molecule has 1 amide bonds. The fourth-order valence-electron chi connectivity index (χ4n) is 3.34. The highest BCUT2D eigenvalue weighted by Gasteiger charge is 2.39. The number of hydrogen-bond acceptors (Lipinski definition) is 6. The van der Waals surface area contributed by atoms with Crippen LogP contribution < -0.4 is 4.90 Å². The van der Waals surface area contributed by atoms with Gasteiger partial charge in [0.1, 0.15) is 11.4 Å². The van der Waals surface area contributed by atoms with Crippen LogP contribution in [0.25, 0.3) is 5.78 Å². The van der Waals surface area contributed by atoms with E-state index in [-0.39, 0.29) is 17.9 Å². The third kappa shape index (κ3) is 4.23. The van der Waals surface area contributed by atoms with Crippen LogP contribution in [0.5, 0.6) is 0 Å². The first-order chi connectivity index (χ1) is 13.3. The molecule has 2 aromatic heterocycles. The van der Waals surface area contributed by atoms with Crippen LogP contribution in [-0.4, -0.2) is 61.3 Å². The van der Waals surface area contributed by atoms with E-state index < -0.39 is 23.7 Å². The summed E-state index contributed by atoms with van der Waals surface area (Å²) in [4.78, 5) is 23.7. The maximum atomic E-state index is 13.1. The van der Waals surface area contributed by atoms with E-state index in [9.17, 15) is 18.0 Å². The molecule has 3 rings (SSSR count). The minimum atomic E-state index is -4.66. The zero-order valence-corrected chi connectivity index (χ0v) is 17.3. The van der Waals surface area contributed by atoms with Crippen molar-refractivity contribution in [2.45, 2.75) is 65.4 Å². The van der Waals surface area contributed by atoms with Gasteiger partial charge in [-0.25, -0.2) is 9.78 Å². The van der Waals surface area contributed by atoms with Crippen molar-refractivity contribution in [2.75, 3.05) is 18.0 Å². The molecule has 8 nitrogen and oxygen atoms in total. The molecular formula is C18H25F3N6O2. The van der Waals surface area contributed by atoms with Crippen molar-refractivity contribution in [1.29, 1.82) is 0 Å². The number of piperazine rings is 1. The van der Waals surface area contributed by atoms with Crippen molar-refractivity contribution in [3.05, 3.63) is 17.6 Å². The average Bonchev–Trinajstić information content (AvgIpc) is 2.99. The quantitative estimate of drug-likeness (QED) is 0.713. The third-order valence-electron chi connectivity index (χ3n) is 4.86. The lowest BCUT2D eigenvalue weighted by Crippen LogP contribution is -2.60. The summed E-state index contributed by atoms with van der Waals surface area (Å²) in [6.07, 6.45) is -5.07. The zero-order chi connectivity index (χ0) is 21.7. The van der Waals surface area contributed by atoms with Crippen molar-refractivity contribution in [1.82, 2.24) is 24.5 Å². The predicted octanol–water partition coefficient (Wildman–Crippen LogP) is 3.29. The van der Waals surface area contributed by atoms with Crippen molar-refractivity contribution in [2.24, 2.45) is 0 Å². The van der Waals surface area contributed by atoms with Crippen molar-refractivity contribution < 1.29 is 22.7 Å². The summed E-state index contributed by atoms with van der Waals surface area (Å²) in [6, 6.07) is 1.25. The predicted molar refractivity (Wildman–Crippen MR) is 99.7 cm³/mol. The van der Waals surface area contributed by atoms with Gasteiger partial charge in [-0.1, -0.05) is 0 Å². The van der Waals surface area contributed by atoms with Gasteiger partial charge in [-0.3, -0.25) is 0 Å². The second-order valence-electron chi connectivity index (χ2n) is 8.25. The van der Waals surface area contributed by atoms with Gasteiger partial charge in [0.15, 0.2) is 0 Å². The second-order valence-corrected chi connectivity index (χ2v) is 8.25. The summed E-state index contributed by atoms with van der Waals surface area (Å²) in [5, 5.41) is 3.63. The number of nitrogens with zero attached hydrogens (tertiary/aromatic N) is 6. The maximum absolute atomic E-state index is 13.1. The first-order valence-electron chi connectivity index (χ1n) is 9.36. The Labute approximate surface area is 166 Å². The van der Waals surface area contributed by atoms with E-state index >= 15 is 0 Å². The number of hydrogen-bond donors (Lipinski definition) is 0. The lowest BCUT2D eigenvalue weighted by molar-refractivity contribution is -0.144. The normalized spacial score (nSPS) is 21.0. The molecular weight excluding hydrogens is 389 g/mol. The Morgan fingerprint density at radius 3 is 2.38 bits per heavy atom. The van der Waals surface area contributed by atoms with E-state index in [1.54, 1.807) is 38.7 Å². The smallest absolute Gasteiger partial charge is 0.444 e. The summed E-state index contributed by atoms with van der Waals surface area (Å²) in [5.74, 6) is -0.884. The van der Waals surface area contributed by atoms with Gasteiger partial charge in [-0.2, -0.15) is 22.7 Å². The summed E-state index contributed by atoms with van der Waals surface area (Å²) < 4.78 is 45.8. The standard InChI is InChI=1S/C18H25F3N6O2/c1-10-9-13(27-15(22-10)23-14(24-27)18(19,20)21)25-7-8-26(12(3)11(25)2)16(28)29-17(4,5)6/h9,11-12H,7-8H2,1-6H3. The molecule has 1 saturated heterocycles. The molecule has 0 radical (unpaired) electrons. The van der Waals surface area contributed by atoms with Crippen molar-refractivity contribution in [3.63, 3.8) is 0 Å². The van der Waals surface area contributed by atoms with Crippen LogP contribution in [0.1, 0.15) is 46.1 Å². The van der Waals surface area contributed by atoms with Gasteiger partial charge in [0, 0.05) is 30.9 Å². The first-order valence-corrected chi connectivity index (χ1v) is 9.36. The number of fused-ring (bicyclic) bond motifs is 1. The fraction of sp³-hybridized carbons (Fsp3) is 0.667. The van der Waals surface area contributed by atoms with Gasteiger partial charge in [0.25, 0.3) is 11.6 Å². The Hall–Kier alpha value is -2.59. The molecule has 0 N–H and O–H groups in total. The molecule has 11 heteroatoms. The molecule has 2 aromatic rings. The van der Waals surface area contributed by atoms with Crippen LogP contribution in [0.4, 0.5) is 23.8 Å². The molecule has 2 atom stereocenters. The van der Waals surface area contributed by atoms with Gasteiger partial charge in [0.05, 0.1) is 6.04 Å². The van der Waals surface area contributed by atoms with E-state index in [1.165, 1.54) is 0 Å². The van der Waals surface area contributed by atoms with Gasteiger partial charge in [-0.05, 0) is 41.5 Å². The highest BCUT2D eigenvalue weighted by atomic mass is 19.4. The Morgan fingerprint density at radius 1 is 1.14 bits per heavy atom. The molecule has 1 aliphatic rings. The van der Waals surface area contributed by atoms with E-state index in [0.717, 1.165) is 4.52 Å². The van der Waals surface area contributed by atoms with E-state index in [1.807, 2.05) is 18.7 Å². The van der Waals surface area contributed by atoms with Gasteiger partial charge in [-0.15, -0.1) is 5.10 Å². The summed E-state index contributed by atoms with van der Waals surface area (Å²) in [6.45, 7) is 11.7. The van der Waals surface area contributed by atoms with Gasteiger partial charge >= 0.3 is 12.3 Å². The number of aryl methyl sites for hydroxylation is 1. The van der Waals surface area contributed by atoms with Crippen LogP contribution in [0, 0.1) is 6.92 Å². The van der Waals surface area contributed by atoms with Crippen LogP contribution >= 0.6 is 0 Å². The topological polar surface area (TPSA) is 75.9 Å². The van der Waals surface area contributed by atoms with Crippen molar-refractivity contribution in [3.8, 4) is 0 Å². The van der Waals surface area contributed by atoms with Crippen molar-refractivity contribution >= 4 is 17.7 Å². The summed E-state index contributed by atoms with van der Waals surface area (Å²) in [5.41, 5.74) is -0.0802. The average molecular weight is 414 g/mol. The number of halogens is 3. The molecule has 0 bridgehead atoms. The molecule has 3 heterocycles. The molecule has 0 aromatic carbocycles. The third-order valence-corrected chi connectivity index (χ3v) is 4.86. The summed E-state index contributed by atoms with van der Waals surface area (Å²) >= 11 is 0. The monoisotopic (exact) mass is 414 g/mol. The molecule has 1 fully saturated rings. The zero-order valence-electron chi connectivity index (χ0n) is 17.3. The Morgan fingerprint density at radius 2 is 1.79 bits per heavy atom. The number of aromatic nitrogens is 4. The van der Waals surface area contributed by atoms with Crippen LogP contribution in [0.15, 0.2) is 6.07 Å². The minimum Gasteiger partial charge on any atom is -0.444 e. The highest BCUT2D eigenvalue weighted by Crippen LogP contribution is 2.30. The molecule has 29 heavy (non-hydrogen) atoms. The van der Waals surface area contributed by atoms with Crippen LogP contribution in [-0.2, 0) is 10.9 Å². The van der Waals surface area contributed by atoms with E-state index in [0.29, 0.717) is 24.6 Å².